The summed E-state index contributed by atoms with van der Waals surface area (Å²) in [4.78, 5) is 22.8. The Morgan fingerprint density at radius 1 is 1.52 bits per heavy atom. The Labute approximate surface area is 132 Å². The molecule has 1 aromatic rings. The molecule has 1 aliphatic carbocycles. The van der Waals surface area contributed by atoms with E-state index in [-0.39, 0.29) is 22.3 Å². The van der Waals surface area contributed by atoms with Crippen molar-refractivity contribution in [1.29, 1.82) is 0 Å². The van der Waals surface area contributed by atoms with Gasteiger partial charge in [-0.15, -0.1) is 0 Å². The molecular formula is C14H17ClN2O3S. The fourth-order valence-electron chi connectivity index (χ4n) is 2.63. The predicted octanol–water partition coefficient (Wildman–Crippen LogP) is 3.65. The number of hydrogen-bond acceptors (Lipinski definition) is 4. The lowest BCUT2D eigenvalue weighted by molar-refractivity contribution is -0.385. The molecule has 1 aromatic carbocycles. The van der Waals surface area contributed by atoms with Crippen LogP contribution in [0.3, 0.4) is 0 Å². The SMILES string of the molecule is CCSC1CCCC1NC(=O)c1cccc(Cl)c1[N+](=O)[O-]. The number of amides is 1. The summed E-state index contributed by atoms with van der Waals surface area (Å²) < 4.78 is 0. The van der Waals surface area contributed by atoms with Crippen LogP contribution in [0.2, 0.25) is 5.02 Å². The molecule has 1 N–H and O–H groups in total. The van der Waals surface area contributed by atoms with Crippen LogP contribution in [0.1, 0.15) is 36.5 Å². The fraction of sp³-hybridized carbons (Fsp3) is 0.500. The van der Waals surface area contributed by atoms with Crippen LogP contribution < -0.4 is 5.32 Å². The molecule has 0 radical (unpaired) electrons. The molecular weight excluding hydrogens is 312 g/mol. The molecule has 0 aromatic heterocycles. The van der Waals surface area contributed by atoms with Gasteiger partial charge in [-0.05, 0) is 30.7 Å². The molecule has 1 amide bonds. The van der Waals surface area contributed by atoms with E-state index in [2.05, 4.69) is 12.2 Å². The van der Waals surface area contributed by atoms with Crippen LogP contribution in [0.25, 0.3) is 0 Å². The van der Waals surface area contributed by atoms with E-state index in [1.165, 1.54) is 12.1 Å². The smallest absolute Gasteiger partial charge is 0.300 e. The minimum atomic E-state index is -0.607. The highest BCUT2D eigenvalue weighted by atomic mass is 35.5. The Balaban J connectivity index is 2.17. The number of carbonyl (C=O) groups is 1. The fourth-order valence-corrected chi connectivity index (χ4v) is 4.08. The monoisotopic (exact) mass is 328 g/mol. The molecule has 2 atom stereocenters. The average Bonchev–Trinajstić information content (AvgIpc) is 2.85. The number of nitro benzene ring substituents is 1. The number of thioether (sulfide) groups is 1. The van der Waals surface area contributed by atoms with Crippen molar-refractivity contribution < 1.29 is 9.72 Å². The van der Waals surface area contributed by atoms with Crippen LogP contribution in [0, 0.1) is 10.1 Å². The second kappa shape index (κ2) is 7.13. The third kappa shape index (κ3) is 3.68. The van der Waals surface area contributed by atoms with Gasteiger partial charge in [0.25, 0.3) is 5.91 Å². The Bertz CT molecular complexity index is 553. The van der Waals surface area contributed by atoms with Gasteiger partial charge < -0.3 is 5.32 Å². The normalized spacial score (nSPS) is 21.2. The maximum Gasteiger partial charge on any atom is 0.300 e. The molecule has 1 saturated carbocycles. The number of nitrogens with one attached hydrogen (secondary N) is 1. The van der Waals surface area contributed by atoms with Crippen molar-refractivity contribution in [1.82, 2.24) is 5.32 Å². The minimum absolute atomic E-state index is 0.0152. The van der Waals surface area contributed by atoms with E-state index >= 15 is 0 Å². The minimum Gasteiger partial charge on any atom is -0.348 e. The zero-order valence-electron chi connectivity index (χ0n) is 11.7. The maximum atomic E-state index is 12.3. The van der Waals surface area contributed by atoms with Crippen molar-refractivity contribution in [2.24, 2.45) is 0 Å². The number of hydrogen-bond donors (Lipinski definition) is 1. The highest BCUT2D eigenvalue weighted by molar-refractivity contribution is 7.99. The number of carbonyl (C=O) groups excluding carboxylic acids is 1. The van der Waals surface area contributed by atoms with Crippen LogP contribution in [0.15, 0.2) is 18.2 Å². The van der Waals surface area contributed by atoms with Crippen LogP contribution in [0.4, 0.5) is 5.69 Å². The molecule has 5 nitrogen and oxygen atoms in total. The summed E-state index contributed by atoms with van der Waals surface area (Å²) in [6.45, 7) is 2.09. The Morgan fingerprint density at radius 3 is 2.95 bits per heavy atom. The van der Waals surface area contributed by atoms with Gasteiger partial charge in [0.05, 0.1) is 4.92 Å². The molecule has 0 bridgehead atoms. The second-order valence-electron chi connectivity index (χ2n) is 4.90. The zero-order chi connectivity index (χ0) is 15.4. The van der Waals surface area contributed by atoms with E-state index in [9.17, 15) is 14.9 Å². The predicted molar refractivity (Wildman–Crippen MR) is 85.1 cm³/mol. The second-order valence-corrected chi connectivity index (χ2v) is 6.82. The van der Waals surface area contributed by atoms with E-state index in [0.717, 1.165) is 25.0 Å². The van der Waals surface area contributed by atoms with Gasteiger partial charge in [0.15, 0.2) is 0 Å². The van der Waals surface area contributed by atoms with Gasteiger partial charge in [-0.1, -0.05) is 31.0 Å². The lowest BCUT2D eigenvalue weighted by Crippen LogP contribution is -2.39. The summed E-state index contributed by atoms with van der Waals surface area (Å²) in [7, 11) is 0. The van der Waals surface area contributed by atoms with Crippen molar-refractivity contribution in [3.8, 4) is 0 Å². The third-order valence-corrected chi connectivity index (χ3v) is 5.19. The lowest BCUT2D eigenvalue weighted by Gasteiger charge is -2.20. The van der Waals surface area contributed by atoms with E-state index in [0.29, 0.717) is 5.25 Å². The van der Waals surface area contributed by atoms with E-state index < -0.39 is 10.8 Å². The van der Waals surface area contributed by atoms with Gasteiger partial charge in [-0.3, -0.25) is 14.9 Å². The van der Waals surface area contributed by atoms with Gasteiger partial charge in [0, 0.05) is 11.3 Å². The summed E-state index contributed by atoms with van der Waals surface area (Å²) in [5, 5.41) is 14.4. The largest absolute Gasteiger partial charge is 0.348 e. The van der Waals surface area contributed by atoms with Crippen LogP contribution >= 0.6 is 23.4 Å². The Hall–Kier alpha value is -1.27. The van der Waals surface area contributed by atoms with Crippen LogP contribution in [0.5, 0.6) is 0 Å². The molecule has 114 valence electrons. The van der Waals surface area contributed by atoms with Crippen molar-refractivity contribution >= 4 is 35.0 Å². The number of nitrogens with zero attached hydrogens (tertiary/aromatic N) is 1. The molecule has 0 heterocycles. The molecule has 2 unspecified atom stereocenters. The quantitative estimate of drug-likeness (QED) is 0.661. The summed E-state index contributed by atoms with van der Waals surface area (Å²) in [6, 6.07) is 4.48. The molecule has 21 heavy (non-hydrogen) atoms. The first-order valence-electron chi connectivity index (χ1n) is 6.90. The van der Waals surface area contributed by atoms with E-state index in [4.69, 9.17) is 11.6 Å². The molecule has 0 saturated heterocycles. The maximum absolute atomic E-state index is 12.3. The number of para-hydroxylation sites is 1. The molecule has 0 aliphatic heterocycles. The molecule has 7 heteroatoms. The summed E-state index contributed by atoms with van der Waals surface area (Å²) >= 11 is 7.66. The van der Waals surface area contributed by atoms with Crippen molar-refractivity contribution in [2.75, 3.05) is 5.75 Å². The van der Waals surface area contributed by atoms with Gasteiger partial charge in [0.2, 0.25) is 0 Å². The zero-order valence-corrected chi connectivity index (χ0v) is 13.2. The third-order valence-electron chi connectivity index (χ3n) is 3.56. The first kappa shape index (κ1) is 16.1. The van der Waals surface area contributed by atoms with Crippen molar-refractivity contribution in [3.63, 3.8) is 0 Å². The number of nitro groups is 1. The van der Waals surface area contributed by atoms with E-state index in [1.54, 1.807) is 6.07 Å². The number of halogens is 1. The van der Waals surface area contributed by atoms with E-state index in [1.807, 2.05) is 11.8 Å². The molecule has 1 aliphatic rings. The Kier molecular flexibility index (Phi) is 5.47. The summed E-state index contributed by atoms with van der Waals surface area (Å²) in [6.07, 6.45) is 3.05. The van der Waals surface area contributed by atoms with Gasteiger partial charge >= 0.3 is 5.69 Å². The molecule has 2 rings (SSSR count). The average molecular weight is 329 g/mol. The first-order chi connectivity index (χ1) is 10.0. The molecule has 0 spiro atoms. The highest BCUT2D eigenvalue weighted by Crippen LogP contribution is 2.32. The first-order valence-corrected chi connectivity index (χ1v) is 8.32. The highest BCUT2D eigenvalue weighted by Gasteiger charge is 2.31. The van der Waals surface area contributed by atoms with Crippen molar-refractivity contribution in [3.05, 3.63) is 38.9 Å². The topological polar surface area (TPSA) is 72.2 Å². The number of rotatable bonds is 5. The van der Waals surface area contributed by atoms with Crippen LogP contribution in [-0.2, 0) is 0 Å². The molecule has 1 fully saturated rings. The standard InChI is InChI=1S/C14H17ClN2O3S/c1-2-21-12-8-4-7-11(12)16-14(18)9-5-3-6-10(15)13(9)17(19)20/h3,5-6,11-12H,2,4,7-8H2,1H3,(H,16,18). The lowest BCUT2D eigenvalue weighted by atomic mass is 10.1. The Morgan fingerprint density at radius 2 is 2.29 bits per heavy atom. The summed E-state index contributed by atoms with van der Waals surface area (Å²) in [5.41, 5.74) is -0.297. The van der Waals surface area contributed by atoms with Crippen LogP contribution in [-0.4, -0.2) is 27.9 Å². The number of benzene rings is 1. The van der Waals surface area contributed by atoms with Gasteiger partial charge in [0.1, 0.15) is 10.6 Å². The van der Waals surface area contributed by atoms with Gasteiger partial charge in [-0.25, -0.2) is 0 Å². The summed E-state index contributed by atoms with van der Waals surface area (Å²) in [5.74, 6) is 0.576. The van der Waals surface area contributed by atoms with Crippen molar-refractivity contribution in [2.45, 2.75) is 37.5 Å². The van der Waals surface area contributed by atoms with Gasteiger partial charge in [-0.2, -0.15) is 11.8 Å².